The normalized spacial score (nSPS) is 17.6. The largest absolute Gasteiger partial charge is 0.342 e. The zero-order valence-electron chi connectivity index (χ0n) is 14.7. The number of amides is 1. The van der Waals surface area contributed by atoms with Crippen molar-refractivity contribution >= 4 is 29.1 Å². The number of nitrogens with zero attached hydrogens (tertiary/aromatic N) is 1. The van der Waals surface area contributed by atoms with E-state index in [1.807, 2.05) is 17.0 Å². The van der Waals surface area contributed by atoms with Gasteiger partial charge in [-0.25, -0.2) is 0 Å². The average Bonchev–Trinajstić information content (AvgIpc) is 2.56. The molecular weight excluding hydrogens is 353 g/mol. The van der Waals surface area contributed by atoms with Crippen LogP contribution in [-0.2, 0) is 11.2 Å². The smallest absolute Gasteiger partial charge is 0.227 e. The van der Waals surface area contributed by atoms with Gasteiger partial charge in [-0.1, -0.05) is 41.4 Å². The number of rotatable bonds is 3. The van der Waals surface area contributed by atoms with E-state index in [0.29, 0.717) is 22.4 Å². The van der Waals surface area contributed by atoms with Crippen LogP contribution >= 0.6 is 23.2 Å². The summed E-state index contributed by atoms with van der Waals surface area (Å²) in [6.45, 7) is 5.89. The number of aryl methyl sites for hydroxylation is 2. The Labute approximate surface area is 159 Å². The highest BCUT2D eigenvalue weighted by molar-refractivity contribution is 6.34. The summed E-state index contributed by atoms with van der Waals surface area (Å²) in [6.07, 6.45) is 2.52. The number of carbonyl (C=O) groups excluding carboxylic acids is 1. The van der Waals surface area contributed by atoms with Crippen LogP contribution in [0, 0.1) is 13.8 Å². The maximum Gasteiger partial charge on any atom is 0.227 e. The van der Waals surface area contributed by atoms with Crippen molar-refractivity contribution in [2.75, 3.05) is 13.1 Å². The van der Waals surface area contributed by atoms with Crippen LogP contribution < -0.4 is 0 Å². The van der Waals surface area contributed by atoms with Crippen LogP contribution in [0.2, 0.25) is 10.0 Å². The Morgan fingerprint density at radius 1 is 1.08 bits per heavy atom. The molecule has 0 aliphatic carbocycles. The second-order valence-electron chi connectivity index (χ2n) is 6.98. The number of likely N-dealkylation sites (tertiary alicyclic amines) is 1. The molecule has 1 saturated heterocycles. The lowest BCUT2D eigenvalue weighted by Gasteiger charge is -2.33. The van der Waals surface area contributed by atoms with Gasteiger partial charge in [0.25, 0.3) is 0 Å². The molecule has 2 nitrogen and oxygen atoms in total. The summed E-state index contributed by atoms with van der Waals surface area (Å²) < 4.78 is 0. The highest BCUT2D eigenvalue weighted by Crippen LogP contribution is 2.29. The zero-order valence-corrected chi connectivity index (χ0v) is 16.2. The Kier molecular flexibility index (Phi) is 5.71. The topological polar surface area (TPSA) is 20.3 Å². The molecule has 1 fully saturated rings. The first kappa shape index (κ1) is 18.3. The van der Waals surface area contributed by atoms with Crippen LogP contribution in [0.5, 0.6) is 0 Å². The van der Waals surface area contributed by atoms with Gasteiger partial charge in [-0.3, -0.25) is 4.79 Å². The molecule has 0 spiro atoms. The summed E-state index contributed by atoms with van der Waals surface area (Å²) >= 11 is 12.1. The summed E-state index contributed by atoms with van der Waals surface area (Å²) in [5, 5.41) is 1.14. The summed E-state index contributed by atoms with van der Waals surface area (Å²) in [4.78, 5) is 14.7. The number of piperidine rings is 1. The number of hydrogen-bond acceptors (Lipinski definition) is 1. The molecule has 3 rings (SSSR count). The molecule has 1 aliphatic heterocycles. The van der Waals surface area contributed by atoms with Gasteiger partial charge in [0.2, 0.25) is 5.91 Å². The fourth-order valence-electron chi connectivity index (χ4n) is 3.49. The lowest BCUT2D eigenvalue weighted by molar-refractivity contribution is -0.131. The van der Waals surface area contributed by atoms with Crippen LogP contribution in [0.4, 0.5) is 0 Å². The van der Waals surface area contributed by atoms with Crippen molar-refractivity contribution in [2.45, 2.75) is 39.0 Å². The monoisotopic (exact) mass is 375 g/mol. The second-order valence-corrected chi connectivity index (χ2v) is 7.85. The van der Waals surface area contributed by atoms with E-state index in [2.05, 4.69) is 32.0 Å². The maximum atomic E-state index is 12.7. The quantitative estimate of drug-likeness (QED) is 0.687. The Balaban J connectivity index is 1.69. The summed E-state index contributed by atoms with van der Waals surface area (Å²) in [7, 11) is 0. The molecule has 0 bridgehead atoms. The first-order valence-electron chi connectivity index (χ1n) is 8.72. The molecular formula is C21H23Cl2NO. The van der Waals surface area contributed by atoms with Gasteiger partial charge in [0.05, 0.1) is 6.42 Å². The van der Waals surface area contributed by atoms with E-state index in [-0.39, 0.29) is 5.91 Å². The van der Waals surface area contributed by atoms with Crippen molar-refractivity contribution in [3.8, 4) is 0 Å². The van der Waals surface area contributed by atoms with E-state index in [4.69, 9.17) is 23.2 Å². The van der Waals surface area contributed by atoms with Gasteiger partial charge in [-0.05, 0) is 67.1 Å². The van der Waals surface area contributed by atoms with Crippen molar-refractivity contribution in [3.63, 3.8) is 0 Å². The molecule has 0 aromatic heterocycles. The van der Waals surface area contributed by atoms with Gasteiger partial charge in [-0.15, -0.1) is 0 Å². The number of halogens is 2. The minimum Gasteiger partial charge on any atom is -0.342 e. The third-order valence-corrected chi connectivity index (χ3v) is 5.49. The Morgan fingerprint density at radius 2 is 1.80 bits per heavy atom. The standard InChI is InChI=1S/C21H23Cl2NO/c1-14-5-6-17(8-15(14)2)18-4-3-7-24(13-18)21(25)11-16-9-19(22)12-20(23)10-16/h5-6,8-10,12,18H,3-4,7,11,13H2,1-2H3. The van der Waals surface area contributed by atoms with E-state index in [1.54, 1.807) is 6.07 Å². The third kappa shape index (κ3) is 4.56. The molecule has 1 atom stereocenters. The number of hydrogen-bond donors (Lipinski definition) is 0. The molecule has 2 aromatic rings. The van der Waals surface area contributed by atoms with Gasteiger partial charge >= 0.3 is 0 Å². The Bertz CT molecular complexity index is 767. The lowest BCUT2D eigenvalue weighted by atomic mass is 9.88. The molecule has 4 heteroatoms. The fourth-order valence-corrected chi connectivity index (χ4v) is 4.06. The minimum absolute atomic E-state index is 0.145. The van der Waals surface area contributed by atoms with E-state index in [1.165, 1.54) is 16.7 Å². The maximum absolute atomic E-state index is 12.7. The van der Waals surface area contributed by atoms with Gasteiger partial charge in [0, 0.05) is 29.1 Å². The molecule has 1 amide bonds. The van der Waals surface area contributed by atoms with Crippen molar-refractivity contribution in [1.29, 1.82) is 0 Å². The minimum atomic E-state index is 0.145. The van der Waals surface area contributed by atoms with Crippen molar-refractivity contribution in [1.82, 2.24) is 4.90 Å². The van der Waals surface area contributed by atoms with E-state index in [0.717, 1.165) is 31.5 Å². The van der Waals surface area contributed by atoms with Crippen LogP contribution in [0.1, 0.15) is 41.0 Å². The highest BCUT2D eigenvalue weighted by Gasteiger charge is 2.25. The zero-order chi connectivity index (χ0) is 18.0. The van der Waals surface area contributed by atoms with Gasteiger partial charge in [0.15, 0.2) is 0 Å². The fraction of sp³-hybridized carbons (Fsp3) is 0.381. The number of carbonyl (C=O) groups is 1. The molecule has 25 heavy (non-hydrogen) atoms. The highest BCUT2D eigenvalue weighted by atomic mass is 35.5. The predicted octanol–water partition coefficient (Wildman–Crippen LogP) is 5.56. The van der Waals surface area contributed by atoms with Crippen LogP contribution in [0.25, 0.3) is 0 Å². The lowest BCUT2D eigenvalue weighted by Crippen LogP contribution is -2.40. The van der Waals surface area contributed by atoms with Crippen molar-refractivity contribution < 1.29 is 4.79 Å². The Morgan fingerprint density at radius 3 is 2.48 bits per heavy atom. The van der Waals surface area contributed by atoms with Crippen LogP contribution in [0.3, 0.4) is 0 Å². The third-order valence-electron chi connectivity index (χ3n) is 5.05. The molecule has 1 heterocycles. The molecule has 1 unspecified atom stereocenters. The first-order valence-corrected chi connectivity index (χ1v) is 9.48. The van der Waals surface area contributed by atoms with E-state index in [9.17, 15) is 4.79 Å². The van der Waals surface area contributed by atoms with Gasteiger partial charge < -0.3 is 4.90 Å². The molecule has 1 aliphatic rings. The van der Waals surface area contributed by atoms with Crippen molar-refractivity contribution in [3.05, 3.63) is 68.7 Å². The predicted molar refractivity (Wildman–Crippen MR) is 105 cm³/mol. The molecule has 0 saturated carbocycles. The summed E-state index contributed by atoms with van der Waals surface area (Å²) in [6, 6.07) is 12.0. The summed E-state index contributed by atoms with van der Waals surface area (Å²) in [5.41, 5.74) is 4.84. The van der Waals surface area contributed by atoms with E-state index >= 15 is 0 Å². The molecule has 2 aromatic carbocycles. The van der Waals surface area contributed by atoms with Crippen molar-refractivity contribution in [2.24, 2.45) is 0 Å². The first-order chi connectivity index (χ1) is 11.9. The van der Waals surface area contributed by atoms with Gasteiger partial charge in [-0.2, -0.15) is 0 Å². The summed E-state index contributed by atoms with van der Waals surface area (Å²) in [5.74, 6) is 0.562. The molecule has 0 radical (unpaired) electrons. The van der Waals surface area contributed by atoms with Crippen LogP contribution in [-0.4, -0.2) is 23.9 Å². The average molecular weight is 376 g/mol. The number of benzene rings is 2. The molecule has 0 N–H and O–H groups in total. The van der Waals surface area contributed by atoms with Crippen LogP contribution in [0.15, 0.2) is 36.4 Å². The SMILES string of the molecule is Cc1ccc(C2CCCN(C(=O)Cc3cc(Cl)cc(Cl)c3)C2)cc1C. The molecule has 132 valence electrons. The van der Waals surface area contributed by atoms with Gasteiger partial charge in [0.1, 0.15) is 0 Å². The second kappa shape index (κ2) is 7.80. The Hall–Kier alpha value is -1.51. The van der Waals surface area contributed by atoms with E-state index < -0.39 is 0 Å².